The van der Waals surface area contributed by atoms with Crippen molar-refractivity contribution in [2.75, 3.05) is 13.7 Å². The van der Waals surface area contributed by atoms with Crippen LogP contribution in [0.2, 0.25) is 0 Å². The van der Waals surface area contributed by atoms with Crippen LogP contribution >= 0.6 is 0 Å². The average Bonchev–Trinajstić information content (AvgIpc) is 2.79. The van der Waals surface area contributed by atoms with Gasteiger partial charge in [0.2, 0.25) is 0 Å². The summed E-state index contributed by atoms with van der Waals surface area (Å²) in [6.45, 7) is 2.45. The number of carboxylic acids is 1. The number of aryl methyl sites for hydroxylation is 1. The lowest BCUT2D eigenvalue weighted by Crippen LogP contribution is -2.03. The van der Waals surface area contributed by atoms with Crippen molar-refractivity contribution < 1.29 is 19.4 Å². The van der Waals surface area contributed by atoms with Gasteiger partial charge in [0.1, 0.15) is 0 Å². The third kappa shape index (κ3) is 4.36. The van der Waals surface area contributed by atoms with Gasteiger partial charge in [-0.3, -0.25) is 0 Å². The molecule has 1 heterocycles. The van der Waals surface area contributed by atoms with E-state index in [9.17, 15) is 9.90 Å². The molecule has 0 aliphatic carbocycles. The number of para-hydroxylation sites is 1. The molecular formula is C26H23NO4. The molecule has 0 amide bonds. The number of methoxy groups -OCH3 is 1. The maximum absolute atomic E-state index is 11.8. The van der Waals surface area contributed by atoms with Crippen molar-refractivity contribution in [3.8, 4) is 22.8 Å². The SMILES string of the molecule is COc1cc(-c2cc(C(=O)O)c3cccc(C)c3n2)ccc1OCCc1ccccc1. The van der Waals surface area contributed by atoms with Crippen molar-refractivity contribution in [3.05, 3.63) is 89.5 Å². The maximum Gasteiger partial charge on any atom is 0.336 e. The minimum atomic E-state index is -0.980. The highest BCUT2D eigenvalue weighted by atomic mass is 16.5. The summed E-state index contributed by atoms with van der Waals surface area (Å²) < 4.78 is 11.5. The Labute approximate surface area is 180 Å². The average molecular weight is 413 g/mol. The molecule has 0 aliphatic rings. The minimum Gasteiger partial charge on any atom is -0.493 e. The van der Waals surface area contributed by atoms with Crippen molar-refractivity contribution in [2.45, 2.75) is 13.3 Å². The molecule has 0 unspecified atom stereocenters. The summed E-state index contributed by atoms with van der Waals surface area (Å²) >= 11 is 0. The third-order valence-electron chi connectivity index (χ3n) is 5.22. The molecule has 3 aromatic carbocycles. The monoisotopic (exact) mass is 413 g/mol. The van der Waals surface area contributed by atoms with E-state index in [0.29, 0.717) is 34.7 Å². The molecule has 156 valence electrons. The summed E-state index contributed by atoms with van der Waals surface area (Å²) in [6, 6.07) is 22.8. The van der Waals surface area contributed by atoms with E-state index >= 15 is 0 Å². The summed E-state index contributed by atoms with van der Waals surface area (Å²) in [6.07, 6.45) is 0.791. The van der Waals surface area contributed by atoms with Gasteiger partial charge in [-0.15, -0.1) is 0 Å². The summed E-state index contributed by atoms with van der Waals surface area (Å²) in [7, 11) is 1.59. The smallest absolute Gasteiger partial charge is 0.336 e. The van der Waals surface area contributed by atoms with Crippen LogP contribution in [-0.2, 0) is 6.42 Å². The fraction of sp³-hybridized carbons (Fsp3) is 0.154. The van der Waals surface area contributed by atoms with Gasteiger partial charge in [-0.2, -0.15) is 0 Å². The van der Waals surface area contributed by atoms with Gasteiger partial charge in [0.15, 0.2) is 11.5 Å². The van der Waals surface area contributed by atoms with E-state index < -0.39 is 5.97 Å². The number of ether oxygens (including phenoxy) is 2. The molecule has 5 nitrogen and oxygen atoms in total. The summed E-state index contributed by atoms with van der Waals surface area (Å²) in [5.74, 6) is 0.235. The molecule has 1 aromatic heterocycles. The molecule has 0 atom stereocenters. The standard InChI is InChI=1S/C26H23NO4/c1-17-7-6-10-20-21(26(28)29)16-22(27-25(17)20)19-11-12-23(24(15-19)30-2)31-14-13-18-8-4-3-5-9-18/h3-12,15-16H,13-14H2,1-2H3,(H,28,29). The fourth-order valence-electron chi connectivity index (χ4n) is 3.59. The molecule has 0 bridgehead atoms. The molecular weight excluding hydrogens is 390 g/mol. The molecule has 0 radical (unpaired) electrons. The van der Waals surface area contributed by atoms with E-state index in [2.05, 4.69) is 12.1 Å². The topological polar surface area (TPSA) is 68.7 Å². The first kappa shape index (κ1) is 20.4. The minimum absolute atomic E-state index is 0.228. The zero-order valence-electron chi connectivity index (χ0n) is 17.5. The van der Waals surface area contributed by atoms with Crippen molar-refractivity contribution in [3.63, 3.8) is 0 Å². The van der Waals surface area contributed by atoms with Crippen molar-refractivity contribution in [1.82, 2.24) is 4.98 Å². The normalized spacial score (nSPS) is 10.8. The highest BCUT2D eigenvalue weighted by Crippen LogP contribution is 2.34. The number of aromatic nitrogens is 1. The van der Waals surface area contributed by atoms with E-state index in [4.69, 9.17) is 14.5 Å². The van der Waals surface area contributed by atoms with Gasteiger partial charge >= 0.3 is 5.97 Å². The van der Waals surface area contributed by atoms with E-state index in [1.807, 2.05) is 55.5 Å². The Morgan fingerprint density at radius 1 is 0.968 bits per heavy atom. The van der Waals surface area contributed by atoms with Crippen molar-refractivity contribution in [1.29, 1.82) is 0 Å². The quantitative estimate of drug-likeness (QED) is 0.431. The Morgan fingerprint density at radius 2 is 1.77 bits per heavy atom. The van der Waals surface area contributed by atoms with E-state index in [-0.39, 0.29) is 5.56 Å². The van der Waals surface area contributed by atoms with Crippen LogP contribution in [0.3, 0.4) is 0 Å². The number of benzene rings is 3. The maximum atomic E-state index is 11.8. The number of pyridine rings is 1. The number of hydrogen-bond acceptors (Lipinski definition) is 4. The lowest BCUT2D eigenvalue weighted by molar-refractivity contribution is 0.0699. The number of fused-ring (bicyclic) bond motifs is 1. The number of nitrogens with zero attached hydrogens (tertiary/aromatic N) is 1. The van der Waals surface area contributed by atoms with Gasteiger partial charge in [0, 0.05) is 17.4 Å². The number of hydrogen-bond donors (Lipinski definition) is 1. The first-order chi connectivity index (χ1) is 15.1. The Morgan fingerprint density at radius 3 is 2.52 bits per heavy atom. The lowest BCUT2D eigenvalue weighted by Gasteiger charge is -2.13. The second-order valence-electron chi connectivity index (χ2n) is 7.28. The largest absolute Gasteiger partial charge is 0.493 e. The molecule has 4 rings (SSSR count). The van der Waals surface area contributed by atoms with Gasteiger partial charge in [-0.1, -0.05) is 48.5 Å². The molecule has 0 spiro atoms. The summed E-state index contributed by atoms with van der Waals surface area (Å²) in [4.78, 5) is 16.6. The van der Waals surface area contributed by atoms with Crippen LogP contribution in [0, 0.1) is 6.92 Å². The number of rotatable bonds is 7. The summed E-state index contributed by atoms with van der Waals surface area (Å²) in [5.41, 5.74) is 4.38. The van der Waals surface area contributed by atoms with Gasteiger partial charge < -0.3 is 14.6 Å². The van der Waals surface area contributed by atoms with Gasteiger partial charge in [-0.25, -0.2) is 9.78 Å². The third-order valence-corrected chi connectivity index (χ3v) is 5.22. The van der Waals surface area contributed by atoms with E-state index in [1.165, 1.54) is 5.56 Å². The van der Waals surface area contributed by atoms with Crippen LogP contribution in [0.1, 0.15) is 21.5 Å². The first-order valence-electron chi connectivity index (χ1n) is 10.1. The van der Waals surface area contributed by atoms with Crippen LogP contribution in [0.25, 0.3) is 22.2 Å². The zero-order chi connectivity index (χ0) is 21.8. The van der Waals surface area contributed by atoms with E-state index in [0.717, 1.165) is 17.5 Å². The first-order valence-corrected chi connectivity index (χ1v) is 10.1. The molecule has 0 aliphatic heterocycles. The van der Waals surface area contributed by atoms with E-state index in [1.54, 1.807) is 19.2 Å². The van der Waals surface area contributed by atoms with Gasteiger partial charge in [-0.05, 0) is 42.3 Å². The molecule has 0 saturated carbocycles. The Bertz CT molecular complexity index is 1240. The number of aromatic carboxylic acids is 1. The second-order valence-corrected chi connectivity index (χ2v) is 7.28. The predicted molar refractivity (Wildman–Crippen MR) is 121 cm³/mol. The van der Waals surface area contributed by atoms with Crippen LogP contribution in [0.5, 0.6) is 11.5 Å². The van der Waals surface area contributed by atoms with Crippen LogP contribution in [0.4, 0.5) is 0 Å². The number of carboxylic acid groups (broad SMARTS) is 1. The second kappa shape index (κ2) is 8.88. The molecule has 31 heavy (non-hydrogen) atoms. The Balaban J connectivity index is 1.65. The molecule has 5 heteroatoms. The molecule has 0 fully saturated rings. The molecule has 4 aromatic rings. The van der Waals surface area contributed by atoms with Crippen LogP contribution in [-0.4, -0.2) is 29.8 Å². The molecule has 0 saturated heterocycles. The highest BCUT2D eigenvalue weighted by molar-refractivity contribution is 6.04. The Kier molecular flexibility index (Phi) is 5.85. The predicted octanol–water partition coefficient (Wildman–Crippen LogP) is 5.54. The van der Waals surface area contributed by atoms with Crippen LogP contribution in [0.15, 0.2) is 72.8 Å². The van der Waals surface area contributed by atoms with Crippen molar-refractivity contribution >= 4 is 16.9 Å². The Hall–Kier alpha value is -3.86. The number of carbonyl (C=O) groups is 1. The van der Waals surface area contributed by atoms with Gasteiger partial charge in [0.25, 0.3) is 0 Å². The summed E-state index contributed by atoms with van der Waals surface area (Å²) in [5, 5.41) is 10.3. The fourth-order valence-corrected chi connectivity index (χ4v) is 3.59. The highest BCUT2D eigenvalue weighted by Gasteiger charge is 2.15. The van der Waals surface area contributed by atoms with Crippen molar-refractivity contribution in [2.24, 2.45) is 0 Å². The molecule has 1 N–H and O–H groups in total. The van der Waals surface area contributed by atoms with Crippen LogP contribution < -0.4 is 9.47 Å². The zero-order valence-corrected chi connectivity index (χ0v) is 17.5. The van der Waals surface area contributed by atoms with Gasteiger partial charge in [0.05, 0.1) is 30.5 Å². The lowest BCUT2D eigenvalue weighted by atomic mass is 10.0.